The van der Waals surface area contributed by atoms with Crippen molar-refractivity contribution in [3.8, 4) is 0 Å². The maximum atomic E-state index is 4.60. The summed E-state index contributed by atoms with van der Waals surface area (Å²) < 4.78 is 0. The molecule has 0 fully saturated rings. The van der Waals surface area contributed by atoms with Crippen molar-refractivity contribution in [1.29, 1.82) is 0 Å². The van der Waals surface area contributed by atoms with Crippen molar-refractivity contribution >= 4 is 17.1 Å². The summed E-state index contributed by atoms with van der Waals surface area (Å²) in [6.07, 6.45) is 4.11. The van der Waals surface area contributed by atoms with E-state index >= 15 is 0 Å². The molecule has 0 N–H and O–H groups in total. The third kappa shape index (κ3) is 3.17. The zero-order chi connectivity index (χ0) is 15.2. The molecule has 2 aromatic carbocycles. The molecule has 2 heteroatoms. The summed E-state index contributed by atoms with van der Waals surface area (Å²) >= 11 is 0. The normalized spacial score (nSPS) is 10.4. The van der Waals surface area contributed by atoms with Gasteiger partial charge < -0.3 is 4.90 Å². The molecule has 3 aromatic rings. The van der Waals surface area contributed by atoms with E-state index in [1.807, 2.05) is 18.3 Å². The quantitative estimate of drug-likeness (QED) is 0.616. The van der Waals surface area contributed by atoms with Gasteiger partial charge in [0, 0.05) is 17.1 Å². The average Bonchev–Trinajstić information content (AvgIpc) is 2.59. The molecule has 0 aliphatic rings. The number of aryl methyl sites for hydroxylation is 1. The molecule has 2 nitrogen and oxygen atoms in total. The lowest BCUT2D eigenvalue weighted by Crippen LogP contribution is -2.10. The van der Waals surface area contributed by atoms with E-state index in [4.69, 9.17) is 0 Å². The highest BCUT2D eigenvalue weighted by Gasteiger charge is 2.11. The first kappa shape index (κ1) is 14.3. The van der Waals surface area contributed by atoms with Gasteiger partial charge in [-0.05, 0) is 42.8 Å². The van der Waals surface area contributed by atoms with Gasteiger partial charge in [0.2, 0.25) is 0 Å². The Bertz CT molecular complexity index is 651. The maximum absolute atomic E-state index is 4.60. The number of aromatic nitrogens is 1. The highest BCUT2D eigenvalue weighted by atomic mass is 15.1. The van der Waals surface area contributed by atoms with Crippen molar-refractivity contribution in [2.45, 2.75) is 19.8 Å². The van der Waals surface area contributed by atoms with Crippen LogP contribution in [0, 0.1) is 0 Å². The van der Waals surface area contributed by atoms with Crippen LogP contribution >= 0.6 is 0 Å². The molecule has 0 radical (unpaired) electrons. The van der Waals surface area contributed by atoms with Crippen LogP contribution in [0.1, 0.15) is 19.0 Å². The Morgan fingerprint density at radius 3 is 1.77 bits per heavy atom. The van der Waals surface area contributed by atoms with Crippen molar-refractivity contribution in [2.24, 2.45) is 0 Å². The Hall–Kier alpha value is -2.61. The van der Waals surface area contributed by atoms with Gasteiger partial charge in [-0.3, -0.25) is 4.98 Å². The standard InChI is InChI=1S/C20H20N2/c1-2-9-17-14-15-20(16-21-17)22(18-10-5-3-6-11-18)19-12-7-4-8-13-19/h3-8,10-16H,2,9H2,1H3. The molecular weight excluding hydrogens is 268 g/mol. The summed E-state index contributed by atoms with van der Waals surface area (Å²) in [4.78, 5) is 6.82. The fourth-order valence-corrected chi connectivity index (χ4v) is 2.55. The van der Waals surface area contributed by atoms with Crippen LogP contribution in [-0.2, 0) is 6.42 Å². The molecule has 0 bridgehead atoms. The van der Waals surface area contributed by atoms with Crippen molar-refractivity contribution in [3.05, 3.63) is 84.7 Å². The van der Waals surface area contributed by atoms with E-state index in [9.17, 15) is 0 Å². The molecule has 22 heavy (non-hydrogen) atoms. The molecule has 0 saturated heterocycles. The van der Waals surface area contributed by atoms with Crippen LogP contribution in [0.3, 0.4) is 0 Å². The van der Waals surface area contributed by atoms with E-state index in [2.05, 4.69) is 77.5 Å². The minimum Gasteiger partial charge on any atom is -0.309 e. The van der Waals surface area contributed by atoms with E-state index in [0.717, 1.165) is 35.6 Å². The lowest BCUT2D eigenvalue weighted by Gasteiger charge is -2.25. The third-order valence-corrected chi connectivity index (χ3v) is 3.60. The Labute approximate surface area is 132 Å². The third-order valence-electron chi connectivity index (χ3n) is 3.60. The molecule has 1 heterocycles. The maximum Gasteiger partial charge on any atom is 0.0645 e. The number of pyridine rings is 1. The Morgan fingerprint density at radius 1 is 0.727 bits per heavy atom. The largest absolute Gasteiger partial charge is 0.309 e. The summed E-state index contributed by atoms with van der Waals surface area (Å²) in [7, 11) is 0. The summed E-state index contributed by atoms with van der Waals surface area (Å²) in [5, 5.41) is 0. The van der Waals surface area contributed by atoms with E-state index in [1.54, 1.807) is 0 Å². The number of hydrogen-bond acceptors (Lipinski definition) is 2. The molecule has 0 spiro atoms. The lowest BCUT2D eigenvalue weighted by molar-refractivity contribution is 0.882. The molecular formula is C20H20N2. The molecule has 0 atom stereocenters. The highest BCUT2D eigenvalue weighted by molar-refractivity contribution is 5.75. The summed E-state index contributed by atoms with van der Waals surface area (Å²) in [5.74, 6) is 0. The van der Waals surface area contributed by atoms with Crippen molar-refractivity contribution in [2.75, 3.05) is 4.90 Å². The summed E-state index contributed by atoms with van der Waals surface area (Å²) in [5.41, 5.74) is 4.50. The number of benzene rings is 2. The molecule has 1 aromatic heterocycles. The Kier molecular flexibility index (Phi) is 4.50. The van der Waals surface area contributed by atoms with Gasteiger partial charge in [-0.15, -0.1) is 0 Å². The van der Waals surface area contributed by atoms with Crippen LogP contribution in [0.5, 0.6) is 0 Å². The molecule has 3 rings (SSSR count). The Morgan fingerprint density at radius 2 is 1.32 bits per heavy atom. The molecule has 0 saturated carbocycles. The van der Waals surface area contributed by atoms with Crippen LogP contribution in [0.2, 0.25) is 0 Å². The number of anilines is 3. The van der Waals surface area contributed by atoms with Gasteiger partial charge in [0.05, 0.1) is 11.9 Å². The van der Waals surface area contributed by atoms with Gasteiger partial charge in [-0.1, -0.05) is 49.7 Å². The molecule has 110 valence electrons. The van der Waals surface area contributed by atoms with Gasteiger partial charge in [-0.25, -0.2) is 0 Å². The second-order valence-electron chi connectivity index (χ2n) is 5.26. The summed E-state index contributed by atoms with van der Waals surface area (Å²) in [6, 6.07) is 25.1. The molecule has 0 aliphatic carbocycles. The van der Waals surface area contributed by atoms with Crippen molar-refractivity contribution in [3.63, 3.8) is 0 Å². The van der Waals surface area contributed by atoms with Gasteiger partial charge >= 0.3 is 0 Å². The molecule has 0 unspecified atom stereocenters. The predicted octanol–water partition coefficient (Wildman–Crippen LogP) is 5.50. The van der Waals surface area contributed by atoms with E-state index in [0.29, 0.717) is 0 Å². The zero-order valence-electron chi connectivity index (χ0n) is 12.8. The van der Waals surface area contributed by atoms with Crippen LogP contribution in [0.15, 0.2) is 79.0 Å². The van der Waals surface area contributed by atoms with Crippen LogP contribution in [0.25, 0.3) is 0 Å². The van der Waals surface area contributed by atoms with Crippen LogP contribution < -0.4 is 4.90 Å². The fraction of sp³-hybridized carbons (Fsp3) is 0.150. The smallest absolute Gasteiger partial charge is 0.0645 e. The van der Waals surface area contributed by atoms with Gasteiger partial charge in [0.1, 0.15) is 0 Å². The topological polar surface area (TPSA) is 16.1 Å². The van der Waals surface area contributed by atoms with E-state index < -0.39 is 0 Å². The second kappa shape index (κ2) is 6.90. The van der Waals surface area contributed by atoms with E-state index in [-0.39, 0.29) is 0 Å². The number of para-hydroxylation sites is 2. The highest BCUT2D eigenvalue weighted by Crippen LogP contribution is 2.33. The zero-order valence-corrected chi connectivity index (χ0v) is 12.8. The minimum absolute atomic E-state index is 1.02. The minimum atomic E-state index is 1.02. The lowest BCUT2D eigenvalue weighted by atomic mass is 10.2. The van der Waals surface area contributed by atoms with Crippen molar-refractivity contribution < 1.29 is 0 Å². The van der Waals surface area contributed by atoms with E-state index in [1.165, 1.54) is 0 Å². The predicted molar refractivity (Wildman–Crippen MR) is 92.9 cm³/mol. The number of nitrogens with zero attached hydrogens (tertiary/aromatic N) is 2. The first-order valence-electron chi connectivity index (χ1n) is 7.73. The molecule has 0 amide bonds. The first-order chi connectivity index (χ1) is 10.9. The fourth-order valence-electron chi connectivity index (χ4n) is 2.55. The number of rotatable bonds is 5. The Balaban J connectivity index is 2.02. The van der Waals surface area contributed by atoms with Crippen LogP contribution in [0.4, 0.5) is 17.1 Å². The van der Waals surface area contributed by atoms with Gasteiger partial charge in [-0.2, -0.15) is 0 Å². The van der Waals surface area contributed by atoms with Crippen molar-refractivity contribution in [1.82, 2.24) is 4.98 Å². The van der Waals surface area contributed by atoms with Crippen LogP contribution in [-0.4, -0.2) is 4.98 Å². The SMILES string of the molecule is CCCc1ccc(N(c2ccccc2)c2ccccc2)cn1. The first-order valence-corrected chi connectivity index (χ1v) is 7.73. The average molecular weight is 288 g/mol. The van der Waals surface area contributed by atoms with Gasteiger partial charge in [0.15, 0.2) is 0 Å². The second-order valence-corrected chi connectivity index (χ2v) is 5.26. The summed E-state index contributed by atoms with van der Waals surface area (Å²) in [6.45, 7) is 2.18. The number of hydrogen-bond donors (Lipinski definition) is 0. The molecule has 0 aliphatic heterocycles. The monoisotopic (exact) mass is 288 g/mol. The van der Waals surface area contributed by atoms with Gasteiger partial charge in [0.25, 0.3) is 0 Å².